The fourth-order valence-electron chi connectivity index (χ4n) is 2.32. The summed E-state index contributed by atoms with van der Waals surface area (Å²) in [6.45, 7) is 3.13. The van der Waals surface area contributed by atoms with E-state index in [4.69, 9.17) is 5.73 Å². The van der Waals surface area contributed by atoms with E-state index in [2.05, 4.69) is 41.5 Å². The second kappa shape index (κ2) is 4.65. The normalized spacial score (nSPS) is 14.7. The number of hydrogen-bond donors (Lipinski definition) is 1. The average Bonchev–Trinajstić information content (AvgIpc) is 3.08. The molecule has 3 rings (SSSR count). The van der Waals surface area contributed by atoms with Gasteiger partial charge in [0.1, 0.15) is 0 Å². The first-order valence-electron chi connectivity index (χ1n) is 6.40. The standard InChI is InChI=1S/C15H18N2S/c1-11-14(16)5-2-6-15(11)17(12-7-8-12)10-13-4-3-9-18-13/h2-6,9,12H,7-8,10,16H2,1H3. The van der Waals surface area contributed by atoms with Gasteiger partial charge >= 0.3 is 0 Å². The molecular formula is C15H18N2S. The first-order valence-corrected chi connectivity index (χ1v) is 7.28. The number of nitrogen functional groups attached to an aromatic ring is 1. The smallest absolute Gasteiger partial charge is 0.0526 e. The molecule has 0 amide bonds. The van der Waals surface area contributed by atoms with Gasteiger partial charge in [-0.1, -0.05) is 12.1 Å². The van der Waals surface area contributed by atoms with E-state index < -0.39 is 0 Å². The molecule has 0 aliphatic heterocycles. The van der Waals surface area contributed by atoms with Gasteiger partial charge in [-0.25, -0.2) is 0 Å². The summed E-state index contributed by atoms with van der Waals surface area (Å²) in [4.78, 5) is 3.93. The first-order chi connectivity index (χ1) is 8.75. The summed E-state index contributed by atoms with van der Waals surface area (Å²) < 4.78 is 0. The van der Waals surface area contributed by atoms with Gasteiger partial charge in [0.05, 0.1) is 6.54 Å². The Balaban J connectivity index is 1.91. The molecule has 94 valence electrons. The van der Waals surface area contributed by atoms with E-state index in [-0.39, 0.29) is 0 Å². The summed E-state index contributed by atoms with van der Waals surface area (Å²) >= 11 is 1.83. The van der Waals surface area contributed by atoms with E-state index in [1.807, 2.05) is 17.4 Å². The van der Waals surface area contributed by atoms with Crippen LogP contribution < -0.4 is 10.6 Å². The van der Waals surface area contributed by atoms with Crippen LogP contribution >= 0.6 is 11.3 Å². The van der Waals surface area contributed by atoms with Crippen LogP contribution in [0.4, 0.5) is 11.4 Å². The highest BCUT2D eigenvalue weighted by molar-refractivity contribution is 7.09. The molecule has 1 aromatic heterocycles. The summed E-state index contributed by atoms with van der Waals surface area (Å²) in [5.41, 5.74) is 9.43. The van der Waals surface area contributed by atoms with Gasteiger partial charge in [-0.2, -0.15) is 0 Å². The van der Waals surface area contributed by atoms with Crippen LogP contribution in [0.15, 0.2) is 35.7 Å². The van der Waals surface area contributed by atoms with E-state index in [1.54, 1.807) is 0 Å². The fraction of sp³-hybridized carbons (Fsp3) is 0.333. The van der Waals surface area contributed by atoms with Gasteiger partial charge < -0.3 is 10.6 Å². The Labute approximate surface area is 112 Å². The summed E-state index contributed by atoms with van der Waals surface area (Å²) in [6.07, 6.45) is 2.61. The third-order valence-corrected chi connectivity index (χ3v) is 4.41. The highest BCUT2D eigenvalue weighted by Crippen LogP contribution is 2.36. The second-order valence-electron chi connectivity index (χ2n) is 4.93. The molecule has 2 aromatic rings. The number of benzene rings is 1. The van der Waals surface area contributed by atoms with Crippen molar-refractivity contribution in [2.75, 3.05) is 10.6 Å². The summed E-state index contributed by atoms with van der Waals surface area (Å²) in [6, 6.07) is 11.3. The summed E-state index contributed by atoms with van der Waals surface area (Å²) in [7, 11) is 0. The Morgan fingerprint density at radius 2 is 2.11 bits per heavy atom. The molecule has 1 aromatic carbocycles. The van der Waals surface area contributed by atoms with Gasteiger partial charge in [-0.05, 0) is 48.9 Å². The molecule has 18 heavy (non-hydrogen) atoms. The van der Waals surface area contributed by atoms with Crippen LogP contribution in [0.2, 0.25) is 0 Å². The molecule has 0 spiro atoms. The minimum Gasteiger partial charge on any atom is -0.398 e. The maximum atomic E-state index is 6.03. The number of hydrogen-bond acceptors (Lipinski definition) is 3. The van der Waals surface area contributed by atoms with Crippen LogP contribution in [0, 0.1) is 6.92 Å². The van der Waals surface area contributed by atoms with Gasteiger partial charge in [0.25, 0.3) is 0 Å². The van der Waals surface area contributed by atoms with E-state index in [0.29, 0.717) is 6.04 Å². The molecule has 3 heteroatoms. The van der Waals surface area contributed by atoms with Crippen molar-refractivity contribution >= 4 is 22.7 Å². The molecular weight excluding hydrogens is 240 g/mol. The minimum atomic E-state index is 0.701. The molecule has 1 heterocycles. The van der Waals surface area contributed by atoms with Crippen LogP contribution in [0.25, 0.3) is 0 Å². The Bertz CT molecular complexity index is 529. The van der Waals surface area contributed by atoms with Crippen LogP contribution in [0.1, 0.15) is 23.3 Å². The van der Waals surface area contributed by atoms with Gasteiger partial charge in [-0.15, -0.1) is 11.3 Å². The number of rotatable bonds is 4. The molecule has 0 radical (unpaired) electrons. The van der Waals surface area contributed by atoms with Crippen molar-refractivity contribution in [3.8, 4) is 0 Å². The van der Waals surface area contributed by atoms with E-state index in [1.165, 1.54) is 29.0 Å². The van der Waals surface area contributed by atoms with E-state index in [0.717, 1.165) is 12.2 Å². The fourth-order valence-corrected chi connectivity index (χ4v) is 3.02. The van der Waals surface area contributed by atoms with Crippen molar-refractivity contribution in [1.29, 1.82) is 0 Å². The van der Waals surface area contributed by atoms with Crippen molar-refractivity contribution < 1.29 is 0 Å². The largest absolute Gasteiger partial charge is 0.398 e. The van der Waals surface area contributed by atoms with Crippen molar-refractivity contribution in [3.63, 3.8) is 0 Å². The Hall–Kier alpha value is -1.48. The number of thiophene rings is 1. The molecule has 2 N–H and O–H groups in total. The molecule has 1 aliphatic rings. The van der Waals surface area contributed by atoms with Crippen molar-refractivity contribution in [1.82, 2.24) is 0 Å². The molecule has 2 nitrogen and oxygen atoms in total. The molecule has 0 bridgehead atoms. The lowest BCUT2D eigenvalue weighted by Gasteiger charge is -2.26. The maximum Gasteiger partial charge on any atom is 0.0526 e. The lowest BCUT2D eigenvalue weighted by molar-refractivity contribution is 0.800. The zero-order valence-corrected chi connectivity index (χ0v) is 11.4. The molecule has 0 atom stereocenters. The van der Waals surface area contributed by atoms with Crippen molar-refractivity contribution in [2.24, 2.45) is 0 Å². The van der Waals surface area contributed by atoms with Crippen LogP contribution in [0.3, 0.4) is 0 Å². The predicted molar refractivity (Wildman–Crippen MR) is 79.1 cm³/mol. The highest BCUT2D eigenvalue weighted by Gasteiger charge is 2.30. The lowest BCUT2D eigenvalue weighted by atomic mass is 10.1. The van der Waals surface area contributed by atoms with Gasteiger partial charge in [0, 0.05) is 22.3 Å². The Morgan fingerprint density at radius 3 is 2.78 bits per heavy atom. The van der Waals surface area contributed by atoms with Crippen LogP contribution in [0.5, 0.6) is 0 Å². The first kappa shape index (κ1) is 11.6. The van der Waals surface area contributed by atoms with Gasteiger partial charge in [0.15, 0.2) is 0 Å². The topological polar surface area (TPSA) is 29.3 Å². The molecule has 1 aliphatic carbocycles. The molecule has 0 unspecified atom stereocenters. The third-order valence-electron chi connectivity index (χ3n) is 3.55. The van der Waals surface area contributed by atoms with E-state index in [9.17, 15) is 0 Å². The number of anilines is 2. The number of nitrogens with two attached hydrogens (primary N) is 1. The molecule has 0 saturated heterocycles. The SMILES string of the molecule is Cc1c(N)cccc1N(Cc1cccs1)C1CC1. The molecule has 1 saturated carbocycles. The maximum absolute atomic E-state index is 6.03. The van der Waals surface area contributed by atoms with E-state index >= 15 is 0 Å². The average molecular weight is 258 g/mol. The zero-order valence-electron chi connectivity index (χ0n) is 10.6. The molecule has 1 fully saturated rings. The van der Waals surface area contributed by atoms with Crippen LogP contribution in [-0.4, -0.2) is 6.04 Å². The lowest BCUT2D eigenvalue weighted by Crippen LogP contribution is -2.25. The minimum absolute atomic E-state index is 0.701. The summed E-state index contributed by atoms with van der Waals surface area (Å²) in [5.74, 6) is 0. The quantitative estimate of drug-likeness (QED) is 0.845. The zero-order chi connectivity index (χ0) is 12.5. The highest BCUT2D eigenvalue weighted by atomic mass is 32.1. The Kier molecular flexibility index (Phi) is 3.00. The second-order valence-corrected chi connectivity index (χ2v) is 5.96. The number of nitrogens with zero attached hydrogens (tertiary/aromatic N) is 1. The van der Waals surface area contributed by atoms with Crippen molar-refractivity contribution in [2.45, 2.75) is 32.4 Å². The van der Waals surface area contributed by atoms with Crippen LogP contribution in [-0.2, 0) is 6.54 Å². The van der Waals surface area contributed by atoms with Gasteiger partial charge in [0.2, 0.25) is 0 Å². The summed E-state index contributed by atoms with van der Waals surface area (Å²) in [5, 5.41) is 2.15. The predicted octanol–water partition coefficient (Wildman–Crippen LogP) is 3.81. The monoisotopic (exact) mass is 258 g/mol. The van der Waals surface area contributed by atoms with Crippen molar-refractivity contribution in [3.05, 3.63) is 46.2 Å². The Morgan fingerprint density at radius 1 is 1.28 bits per heavy atom. The van der Waals surface area contributed by atoms with Gasteiger partial charge in [-0.3, -0.25) is 0 Å². The third kappa shape index (κ3) is 2.23.